The minimum absolute atomic E-state index is 0.687. The molecule has 0 spiro atoms. The van der Waals surface area contributed by atoms with Crippen molar-refractivity contribution in [1.29, 1.82) is 5.26 Å². The summed E-state index contributed by atoms with van der Waals surface area (Å²) in [5.41, 5.74) is 0. The predicted molar refractivity (Wildman–Crippen MR) is 121 cm³/mol. The van der Waals surface area contributed by atoms with E-state index in [1.54, 1.807) is 0 Å². The molecule has 0 saturated heterocycles. The maximum Gasteiger partial charge on any atom is 0.0914 e. The highest BCUT2D eigenvalue weighted by Gasteiger charge is 2.13. The van der Waals surface area contributed by atoms with Crippen molar-refractivity contribution in [3.05, 3.63) is 0 Å². The lowest BCUT2D eigenvalue weighted by molar-refractivity contribution is -0.890. The molecule has 0 amide bonds. The van der Waals surface area contributed by atoms with Crippen LogP contribution in [-0.2, 0) is 0 Å². The summed E-state index contributed by atoms with van der Waals surface area (Å²) >= 11 is 0. The first-order valence-corrected chi connectivity index (χ1v) is 12.3. The van der Waals surface area contributed by atoms with Crippen molar-refractivity contribution < 1.29 is 4.48 Å². The number of unbranched alkanes of at least 4 members (excludes halogenated alkanes) is 17. The zero-order valence-corrected chi connectivity index (χ0v) is 19.2. The van der Waals surface area contributed by atoms with Crippen LogP contribution < -0.4 is 0 Å². The van der Waals surface area contributed by atoms with Crippen molar-refractivity contribution in [2.24, 2.45) is 0 Å². The van der Waals surface area contributed by atoms with E-state index in [2.05, 4.69) is 27.1 Å². The third-order valence-electron chi connectivity index (χ3n) is 5.95. The molecule has 0 saturated carbocycles. The molecule has 0 atom stereocenters. The van der Waals surface area contributed by atoms with Gasteiger partial charge in [0.2, 0.25) is 0 Å². The average Bonchev–Trinajstić information content (AvgIpc) is 2.65. The first-order chi connectivity index (χ1) is 13.1. The van der Waals surface area contributed by atoms with Gasteiger partial charge in [0.25, 0.3) is 0 Å². The molecule has 0 aromatic carbocycles. The van der Waals surface area contributed by atoms with E-state index in [4.69, 9.17) is 5.26 Å². The third kappa shape index (κ3) is 21.6. The Bertz CT molecular complexity index is 330. The lowest BCUT2D eigenvalue weighted by Crippen LogP contribution is -2.41. The molecule has 0 radical (unpaired) electrons. The summed E-state index contributed by atoms with van der Waals surface area (Å²) in [5.74, 6) is 0. The van der Waals surface area contributed by atoms with E-state index in [-0.39, 0.29) is 0 Å². The molecule has 0 fully saturated rings. The van der Waals surface area contributed by atoms with Crippen molar-refractivity contribution in [2.45, 2.75) is 129 Å². The number of hydrogen-bond acceptors (Lipinski definition) is 1. The Balaban J connectivity index is 3.14. The fourth-order valence-corrected chi connectivity index (χ4v) is 3.91. The van der Waals surface area contributed by atoms with Crippen LogP contribution in [0.1, 0.15) is 129 Å². The van der Waals surface area contributed by atoms with Gasteiger partial charge in [-0.05, 0) is 12.8 Å². The molecule has 0 aliphatic rings. The van der Waals surface area contributed by atoms with E-state index in [0.29, 0.717) is 6.42 Å². The highest BCUT2D eigenvalue weighted by molar-refractivity contribution is 4.67. The van der Waals surface area contributed by atoms with Gasteiger partial charge in [-0.2, -0.15) is 5.26 Å². The Kier molecular flexibility index (Phi) is 19.8. The normalized spacial score (nSPS) is 11.6. The van der Waals surface area contributed by atoms with Crippen LogP contribution in [0.25, 0.3) is 0 Å². The Morgan fingerprint density at radius 2 is 0.852 bits per heavy atom. The first kappa shape index (κ1) is 26.4. The van der Waals surface area contributed by atoms with Crippen LogP contribution in [0.2, 0.25) is 0 Å². The van der Waals surface area contributed by atoms with Gasteiger partial charge in [-0.3, -0.25) is 0 Å². The Morgan fingerprint density at radius 1 is 0.519 bits per heavy atom. The van der Waals surface area contributed by atoms with Gasteiger partial charge in [-0.1, -0.05) is 110 Å². The summed E-state index contributed by atoms with van der Waals surface area (Å²) < 4.78 is 1.01. The lowest BCUT2D eigenvalue weighted by atomic mass is 10.0. The largest absolute Gasteiger partial charge is 0.328 e. The van der Waals surface area contributed by atoms with E-state index in [1.807, 2.05) is 0 Å². The molecular weight excluding hydrogens is 328 g/mol. The standard InChI is InChI=1S/C25H51N2/c1-4-5-6-7-8-9-10-11-12-13-14-15-16-17-18-19-20-21-24-27(2,3)25-22-23-26/h4-22,24-25H2,1-3H3/q+1. The Hall–Kier alpha value is -0.550. The van der Waals surface area contributed by atoms with Crippen molar-refractivity contribution in [2.75, 3.05) is 27.2 Å². The quantitative estimate of drug-likeness (QED) is 0.146. The van der Waals surface area contributed by atoms with Crippen LogP contribution in [0.4, 0.5) is 0 Å². The molecule has 0 aliphatic carbocycles. The molecule has 2 heteroatoms. The van der Waals surface area contributed by atoms with Gasteiger partial charge < -0.3 is 4.48 Å². The second-order valence-electron chi connectivity index (χ2n) is 9.30. The minimum atomic E-state index is 0.687. The molecule has 160 valence electrons. The molecule has 0 aromatic rings. The predicted octanol–water partition coefficient (Wildman–Crippen LogP) is 8.02. The highest BCUT2D eigenvalue weighted by atomic mass is 15.3. The SMILES string of the molecule is CCCCCCCCCCCCCCCCCCCC[N+](C)(C)CCC#N. The lowest BCUT2D eigenvalue weighted by Gasteiger charge is -2.28. The summed E-state index contributed by atoms with van der Waals surface area (Å²) in [7, 11) is 4.51. The van der Waals surface area contributed by atoms with E-state index in [9.17, 15) is 0 Å². The van der Waals surface area contributed by atoms with Crippen LogP contribution in [0, 0.1) is 11.3 Å². The Morgan fingerprint density at radius 3 is 1.19 bits per heavy atom. The van der Waals surface area contributed by atoms with Gasteiger partial charge in [0.1, 0.15) is 0 Å². The second kappa shape index (κ2) is 20.2. The van der Waals surface area contributed by atoms with Crippen molar-refractivity contribution in [3.63, 3.8) is 0 Å². The summed E-state index contributed by atoms with van der Waals surface area (Å²) in [6.45, 7) is 4.51. The Labute approximate surface area is 172 Å². The minimum Gasteiger partial charge on any atom is -0.328 e. The number of hydrogen-bond donors (Lipinski definition) is 0. The molecule has 0 aliphatic heterocycles. The summed E-state index contributed by atoms with van der Waals surface area (Å²) in [5, 5.41) is 8.70. The second-order valence-corrected chi connectivity index (χ2v) is 9.30. The van der Waals surface area contributed by atoms with Crippen molar-refractivity contribution >= 4 is 0 Å². The van der Waals surface area contributed by atoms with Crippen molar-refractivity contribution in [1.82, 2.24) is 0 Å². The molecule has 0 N–H and O–H groups in total. The van der Waals surface area contributed by atoms with Gasteiger partial charge in [0.15, 0.2) is 0 Å². The highest BCUT2D eigenvalue weighted by Crippen LogP contribution is 2.14. The van der Waals surface area contributed by atoms with Gasteiger partial charge >= 0.3 is 0 Å². The topological polar surface area (TPSA) is 23.8 Å². The average molecular weight is 380 g/mol. The summed E-state index contributed by atoms with van der Waals surface area (Å²) in [4.78, 5) is 0. The molecular formula is C25H51N2+. The van der Waals surface area contributed by atoms with Crippen molar-refractivity contribution in [3.8, 4) is 6.07 Å². The van der Waals surface area contributed by atoms with Gasteiger partial charge in [-0.25, -0.2) is 0 Å². The fourth-order valence-electron chi connectivity index (χ4n) is 3.91. The van der Waals surface area contributed by atoms with E-state index in [0.717, 1.165) is 11.0 Å². The smallest absolute Gasteiger partial charge is 0.0914 e. The molecule has 0 heterocycles. The first-order valence-electron chi connectivity index (χ1n) is 12.3. The van der Waals surface area contributed by atoms with E-state index in [1.165, 1.54) is 122 Å². The molecule has 2 nitrogen and oxygen atoms in total. The van der Waals surface area contributed by atoms with Crippen LogP contribution in [-0.4, -0.2) is 31.7 Å². The number of rotatable bonds is 21. The third-order valence-corrected chi connectivity index (χ3v) is 5.95. The summed E-state index contributed by atoms with van der Waals surface area (Å²) in [6.07, 6.45) is 26.5. The van der Waals surface area contributed by atoms with Gasteiger partial charge in [-0.15, -0.1) is 0 Å². The van der Waals surface area contributed by atoms with Crippen LogP contribution in [0.5, 0.6) is 0 Å². The van der Waals surface area contributed by atoms with E-state index >= 15 is 0 Å². The molecule has 0 unspecified atom stereocenters. The number of nitriles is 1. The van der Waals surface area contributed by atoms with E-state index < -0.39 is 0 Å². The zero-order valence-electron chi connectivity index (χ0n) is 19.2. The number of quaternary nitrogens is 1. The van der Waals surface area contributed by atoms with Gasteiger partial charge in [0.05, 0.1) is 39.7 Å². The van der Waals surface area contributed by atoms with Crippen LogP contribution in [0.3, 0.4) is 0 Å². The molecule has 0 aromatic heterocycles. The zero-order chi connectivity index (χ0) is 20.1. The maximum absolute atomic E-state index is 8.70. The monoisotopic (exact) mass is 379 g/mol. The maximum atomic E-state index is 8.70. The fraction of sp³-hybridized carbons (Fsp3) is 0.960. The van der Waals surface area contributed by atoms with Gasteiger partial charge in [0, 0.05) is 0 Å². The number of nitrogens with zero attached hydrogens (tertiary/aromatic N) is 2. The summed E-state index contributed by atoms with van der Waals surface area (Å²) in [6, 6.07) is 2.27. The molecule has 27 heavy (non-hydrogen) atoms. The van der Waals surface area contributed by atoms with Crippen LogP contribution in [0.15, 0.2) is 0 Å². The molecule has 0 rings (SSSR count). The van der Waals surface area contributed by atoms with Crippen LogP contribution >= 0.6 is 0 Å². The molecule has 0 bridgehead atoms.